The minimum Gasteiger partial charge on any atom is -0.454 e. The molecule has 1 heterocycles. The fourth-order valence-electron chi connectivity index (χ4n) is 3.75. The molecule has 3 N–H and O–H groups in total. The van der Waals surface area contributed by atoms with E-state index in [2.05, 4.69) is 40.6 Å². The summed E-state index contributed by atoms with van der Waals surface area (Å²) in [5.74, 6) is 1.94. The van der Waals surface area contributed by atoms with Crippen LogP contribution in [-0.2, 0) is 19.4 Å². The Bertz CT molecular complexity index is 1030. The maximum atomic E-state index is 6.13. The minimum absolute atomic E-state index is 0.275. The molecule has 3 aromatic rings. The predicted octanol–water partition coefficient (Wildman–Crippen LogP) is 3.59. The van der Waals surface area contributed by atoms with E-state index in [1.54, 1.807) is 0 Å². The summed E-state index contributed by atoms with van der Waals surface area (Å²) in [6, 6.07) is 16.6. The lowest BCUT2D eigenvalue weighted by molar-refractivity contribution is 0.174. The third-order valence-corrected chi connectivity index (χ3v) is 5.01. The van der Waals surface area contributed by atoms with Crippen LogP contribution >= 0.6 is 0 Å². The predicted molar refractivity (Wildman–Crippen MR) is 103 cm³/mol. The molecule has 26 heavy (non-hydrogen) atoms. The number of rotatable bonds is 3. The Morgan fingerprint density at radius 3 is 2.77 bits per heavy atom. The van der Waals surface area contributed by atoms with Gasteiger partial charge in [0.2, 0.25) is 6.79 Å². The number of hydrogen-bond donors (Lipinski definition) is 2. The first-order valence-corrected chi connectivity index (χ1v) is 8.77. The highest BCUT2D eigenvalue weighted by atomic mass is 16.7. The van der Waals surface area contributed by atoms with Crippen molar-refractivity contribution in [2.24, 2.45) is 10.7 Å². The molecule has 1 aliphatic heterocycles. The number of hydrogen-bond acceptors (Lipinski definition) is 3. The van der Waals surface area contributed by atoms with Gasteiger partial charge in [0.15, 0.2) is 17.5 Å². The summed E-state index contributed by atoms with van der Waals surface area (Å²) < 4.78 is 10.7. The van der Waals surface area contributed by atoms with E-state index < -0.39 is 0 Å². The first-order chi connectivity index (χ1) is 12.8. The number of benzene rings is 3. The van der Waals surface area contributed by atoms with E-state index in [0.29, 0.717) is 12.5 Å². The molecule has 2 aliphatic rings. The molecule has 5 rings (SSSR count). The number of aryl methyl sites for hydroxylation is 2. The van der Waals surface area contributed by atoms with Crippen molar-refractivity contribution >= 4 is 22.4 Å². The van der Waals surface area contributed by atoms with Crippen LogP contribution in [0.4, 0.5) is 5.69 Å². The summed E-state index contributed by atoms with van der Waals surface area (Å²) in [6.45, 7) is 0.757. The Labute approximate surface area is 151 Å². The fraction of sp³-hybridized carbons (Fsp3) is 0.190. The molecule has 0 saturated carbocycles. The first kappa shape index (κ1) is 15.1. The quantitative estimate of drug-likeness (QED) is 0.562. The van der Waals surface area contributed by atoms with E-state index in [1.165, 1.54) is 21.9 Å². The van der Waals surface area contributed by atoms with Crippen molar-refractivity contribution in [1.29, 1.82) is 0 Å². The number of ether oxygens (including phenoxy) is 2. The Morgan fingerprint density at radius 1 is 1.00 bits per heavy atom. The van der Waals surface area contributed by atoms with Gasteiger partial charge in [-0.2, -0.15) is 0 Å². The Balaban J connectivity index is 1.38. The second-order valence-corrected chi connectivity index (χ2v) is 6.63. The summed E-state index contributed by atoms with van der Waals surface area (Å²) in [5, 5.41) is 5.83. The average molecular weight is 345 g/mol. The molecule has 0 atom stereocenters. The number of nitrogens with two attached hydrogens (primary N) is 1. The molecule has 0 aromatic heterocycles. The van der Waals surface area contributed by atoms with E-state index in [1.807, 2.05) is 18.2 Å². The van der Waals surface area contributed by atoms with E-state index in [9.17, 15) is 0 Å². The van der Waals surface area contributed by atoms with Crippen LogP contribution in [-0.4, -0.2) is 12.8 Å². The van der Waals surface area contributed by atoms with Crippen molar-refractivity contribution in [3.8, 4) is 11.5 Å². The van der Waals surface area contributed by atoms with Gasteiger partial charge in [0, 0.05) is 11.1 Å². The molecule has 1 aliphatic carbocycles. The molecule has 5 heteroatoms. The number of nitrogens with one attached hydrogen (secondary N) is 1. The van der Waals surface area contributed by atoms with Gasteiger partial charge in [-0.25, -0.2) is 4.99 Å². The lowest BCUT2D eigenvalue weighted by atomic mass is 10.0. The largest absolute Gasteiger partial charge is 0.454 e. The fourth-order valence-corrected chi connectivity index (χ4v) is 3.75. The monoisotopic (exact) mass is 345 g/mol. The molecule has 130 valence electrons. The normalized spacial score (nSPS) is 14.8. The highest BCUT2D eigenvalue weighted by Crippen LogP contribution is 2.35. The summed E-state index contributed by atoms with van der Waals surface area (Å²) in [6.07, 6.45) is 2.23. The van der Waals surface area contributed by atoms with Crippen molar-refractivity contribution in [2.75, 3.05) is 12.1 Å². The molecule has 0 saturated heterocycles. The van der Waals surface area contributed by atoms with Crippen molar-refractivity contribution in [1.82, 2.24) is 0 Å². The van der Waals surface area contributed by atoms with Crippen LogP contribution in [0.1, 0.15) is 16.7 Å². The standard InChI is InChI=1S/C21H19N3O2/c22-21(23-11-13-4-9-18-19(10-13)26-12-25-18)24-17-8-7-15-6-5-14-2-1-3-16(17)20(14)15/h1-4,7-10H,5-6,11-12H2,(H3,22,23,24). The van der Waals surface area contributed by atoms with Gasteiger partial charge in [0.05, 0.1) is 6.54 Å². The van der Waals surface area contributed by atoms with Crippen molar-refractivity contribution in [2.45, 2.75) is 19.4 Å². The second-order valence-electron chi connectivity index (χ2n) is 6.63. The van der Waals surface area contributed by atoms with Gasteiger partial charge in [-0.3, -0.25) is 0 Å². The third-order valence-electron chi connectivity index (χ3n) is 5.01. The maximum absolute atomic E-state index is 6.13. The van der Waals surface area contributed by atoms with Crippen LogP contribution in [0.5, 0.6) is 11.5 Å². The lowest BCUT2D eigenvalue weighted by Gasteiger charge is -2.11. The van der Waals surface area contributed by atoms with Crippen LogP contribution in [0.15, 0.2) is 53.5 Å². The smallest absolute Gasteiger partial charge is 0.231 e. The van der Waals surface area contributed by atoms with Crippen molar-refractivity contribution < 1.29 is 9.47 Å². The SMILES string of the molecule is NC(=NCc1ccc2c(c1)OCO2)Nc1ccc2c3c(cccc13)CC2. The van der Waals surface area contributed by atoms with Gasteiger partial charge in [-0.15, -0.1) is 0 Å². The van der Waals surface area contributed by atoms with Gasteiger partial charge < -0.3 is 20.5 Å². The molecule has 0 unspecified atom stereocenters. The van der Waals surface area contributed by atoms with Gasteiger partial charge in [-0.05, 0) is 53.1 Å². The van der Waals surface area contributed by atoms with Crippen molar-refractivity contribution in [3.05, 3.63) is 65.2 Å². The molecule has 5 nitrogen and oxygen atoms in total. The number of nitrogens with zero attached hydrogens (tertiary/aromatic N) is 1. The van der Waals surface area contributed by atoms with Gasteiger partial charge >= 0.3 is 0 Å². The minimum atomic E-state index is 0.275. The molecule has 3 aromatic carbocycles. The van der Waals surface area contributed by atoms with Crippen LogP contribution in [0.2, 0.25) is 0 Å². The summed E-state index contributed by atoms with van der Waals surface area (Å²) in [7, 11) is 0. The average Bonchev–Trinajstić information content (AvgIpc) is 3.30. The maximum Gasteiger partial charge on any atom is 0.231 e. The molecular weight excluding hydrogens is 326 g/mol. The first-order valence-electron chi connectivity index (χ1n) is 8.77. The Morgan fingerprint density at radius 2 is 1.85 bits per heavy atom. The topological polar surface area (TPSA) is 68.9 Å². The molecule has 0 bridgehead atoms. The molecule has 0 radical (unpaired) electrons. The molecular formula is C21H19N3O2. The van der Waals surface area contributed by atoms with Crippen LogP contribution in [0.25, 0.3) is 10.8 Å². The third kappa shape index (κ3) is 2.52. The molecule has 0 spiro atoms. The van der Waals surface area contributed by atoms with Crippen LogP contribution < -0.4 is 20.5 Å². The number of guanidine groups is 1. The molecule has 0 fully saturated rings. The van der Waals surface area contributed by atoms with E-state index in [0.717, 1.165) is 35.6 Å². The lowest BCUT2D eigenvalue weighted by Crippen LogP contribution is -2.22. The van der Waals surface area contributed by atoms with Gasteiger partial charge in [-0.1, -0.05) is 30.3 Å². The Kier molecular flexibility index (Phi) is 3.45. The van der Waals surface area contributed by atoms with E-state index >= 15 is 0 Å². The summed E-state index contributed by atoms with van der Waals surface area (Å²) in [4.78, 5) is 4.47. The number of aliphatic imine (C=N–C) groups is 1. The zero-order valence-electron chi connectivity index (χ0n) is 14.3. The zero-order chi connectivity index (χ0) is 17.5. The van der Waals surface area contributed by atoms with E-state index in [4.69, 9.17) is 15.2 Å². The summed E-state index contributed by atoms with van der Waals surface area (Å²) in [5.41, 5.74) is 11.0. The highest BCUT2D eigenvalue weighted by molar-refractivity contribution is 6.05. The highest BCUT2D eigenvalue weighted by Gasteiger charge is 2.16. The van der Waals surface area contributed by atoms with Crippen molar-refractivity contribution in [3.63, 3.8) is 0 Å². The second kappa shape index (κ2) is 5.95. The van der Waals surface area contributed by atoms with Gasteiger partial charge in [0.25, 0.3) is 0 Å². The van der Waals surface area contributed by atoms with Gasteiger partial charge in [0.1, 0.15) is 0 Å². The van der Waals surface area contributed by atoms with E-state index in [-0.39, 0.29) is 6.79 Å². The van der Waals surface area contributed by atoms with Crippen LogP contribution in [0, 0.1) is 0 Å². The Hall–Kier alpha value is -3.21. The number of fused-ring (bicyclic) bond motifs is 1. The zero-order valence-corrected chi connectivity index (χ0v) is 14.3. The van der Waals surface area contributed by atoms with Crippen LogP contribution in [0.3, 0.4) is 0 Å². The summed E-state index contributed by atoms with van der Waals surface area (Å²) >= 11 is 0. The molecule has 0 amide bonds. The number of anilines is 1.